The van der Waals surface area contributed by atoms with Crippen LogP contribution in [0.5, 0.6) is 0 Å². The van der Waals surface area contributed by atoms with Crippen molar-refractivity contribution in [3.8, 4) is 0 Å². The number of carbonyl (C=O) groups is 2. The van der Waals surface area contributed by atoms with Gasteiger partial charge < -0.3 is 15.5 Å². The van der Waals surface area contributed by atoms with Gasteiger partial charge in [0.15, 0.2) is 0 Å². The molecule has 2 aromatic carbocycles. The van der Waals surface area contributed by atoms with Gasteiger partial charge in [0.25, 0.3) is 0 Å². The highest BCUT2D eigenvalue weighted by atomic mass is 16.2. The summed E-state index contributed by atoms with van der Waals surface area (Å²) < 4.78 is 0. The molecule has 1 fully saturated rings. The van der Waals surface area contributed by atoms with Gasteiger partial charge >= 0.3 is 6.03 Å². The van der Waals surface area contributed by atoms with Crippen LogP contribution in [-0.2, 0) is 4.79 Å². The monoisotopic (exact) mass is 323 g/mol. The molecule has 1 aliphatic rings. The van der Waals surface area contributed by atoms with Crippen molar-refractivity contribution in [3.05, 3.63) is 59.7 Å². The average molecular weight is 323 g/mol. The molecule has 0 unspecified atom stereocenters. The van der Waals surface area contributed by atoms with Crippen molar-refractivity contribution in [2.75, 3.05) is 16.8 Å². The third-order valence-electron chi connectivity index (χ3n) is 4.12. The topological polar surface area (TPSA) is 61.4 Å². The van der Waals surface area contributed by atoms with Crippen molar-refractivity contribution < 1.29 is 9.59 Å². The van der Waals surface area contributed by atoms with E-state index in [1.54, 1.807) is 4.90 Å². The zero-order chi connectivity index (χ0) is 17.1. The van der Waals surface area contributed by atoms with Gasteiger partial charge in [0.1, 0.15) is 0 Å². The van der Waals surface area contributed by atoms with Crippen molar-refractivity contribution >= 4 is 23.3 Å². The quantitative estimate of drug-likeness (QED) is 0.911. The first kappa shape index (κ1) is 16.1. The largest absolute Gasteiger partial charge is 0.333 e. The van der Waals surface area contributed by atoms with Crippen LogP contribution >= 0.6 is 0 Å². The van der Waals surface area contributed by atoms with Gasteiger partial charge in [0.05, 0.1) is 6.04 Å². The molecule has 1 aliphatic heterocycles. The van der Waals surface area contributed by atoms with Gasteiger partial charge in [-0.05, 0) is 38.1 Å². The van der Waals surface area contributed by atoms with Crippen LogP contribution in [0.15, 0.2) is 48.5 Å². The molecule has 2 aromatic rings. The Bertz CT molecular complexity index is 738. The maximum atomic E-state index is 12.2. The number of nitrogens with zero attached hydrogens (tertiary/aromatic N) is 1. The van der Waals surface area contributed by atoms with Gasteiger partial charge in [-0.2, -0.15) is 0 Å². The average Bonchev–Trinajstić information content (AvgIpc) is 2.90. The van der Waals surface area contributed by atoms with Gasteiger partial charge in [-0.1, -0.05) is 35.4 Å². The highest BCUT2D eigenvalue weighted by molar-refractivity contribution is 5.97. The molecule has 1 heterocycles. The normalized spacial score (nSPS) is 17.0. The van der Waals surface area contributed by atoms with Crippen LogP contribution in [0.2, 0.25) is 0 Å². The second-order valence-electron chi connectivity index (χ2n) is 6.21. The molecule has 0 bridgehead atoms. The Morgan fingerprint density at radius 1 is 1.00 bits per heavy atom. The van der Waals surface area contributed by atoms with Gasteiger partial charge in [-0.15, -0.1) is 0 Å². The van der Waals surface area contributed by atoms with Crippen LogP contribution in [-0.4, -0.2) is 24.5 Å². The van der Waals surface area contributed by atoms with E-state index in [9.17, 15) is 9.59 Å². The Balaban J connectivity index is 1.58. The molecule has 0 radical (unpaired) electrons. The van der Waals surface area contributed by atoms with Gasteiger partial charge in [-0.3, -0.25) is 4.79 Å². The summed E-state index contributed by atoms with van der Waals surface area (Å²) in [6.45, 7) is 4.49. The molecule has 24 heavy (non-hydrogen) atoms. The predicted molar refractivity (Wildman–Crippen MR) is 95.3 cm³/mol. The first-order chi connectivity index (χ1) is 11.5. The van der Waals surface area contributed by atoms with Crippen LogP contribution in [0, 0.1) is 13.8 Å². The Morgan fingerprint density at radius 2 is 1.58 bits per heavy atom. The van der Waals surface area contributed by atoms with E-state index in [1.807, 2.05) is 62.4 Å². The van der Waals surface area contributed by atoms with Crippen LogP contribution in [0.4, 0.5) is 16.2 Å². The molecular formula is C19H21N3O2. The molecule has 5 heteroatoms. The van der Waals surface area contributed by atoms with Gasteiger partial charge in [0.2, 0.25) is 5.91 Å². The zero-order valence-corrected chi connectivity index (χ0v) is 13.9. The van der Waals surface area contributed by atoms with Crippen LogP contribution < -0.4 is 15.5 Å². The summed E-state index contributed by atoms with van der Waals surface area (Å²) in [6.07, 6.45) is 0.315. The number of carbonyl (C=O) groups excluding carboxylic acids is 2. The summed E-state index contributed by atoms with van der Waals surface area (Å²) in [6, 6.07) is 14.9. The van der Waals surface area contributed by atoms with Crippen LogP contribution in [0.25, 0.3) is 0 Å². The minimum atomic E-state index is -0.289. The maximum Gasteiger partial charge on any atom is 0.319 e. The summed E-state index contributed by atoms with van der Waals surface area (Å²) in [5.41, 5.74) is 3.89. The van der Waals surface area contributed by atoms with Crippen molar-refractivity contribution in [1.29, 1.82) is 0 Å². The summed E-state index contributed by atoms with van der Waals surface area (Å²) in [5.74, 6) is 0.0273. The van der Waals surface area contributed by atoms with E-state index >= 15 is 0 Å². The second-order valence-corrected chi connectivity index (χ2v) is 6.21. The van der Waals surface area contributed by atoms with Gasteiger partial charge in [-0.25, -0.2) is 4.79 Å². The number of rotatable bonds is 3. The van der Waals surface area contributed by atoms with Crippen molar-refractivity contribution in [3.63, 3.8) is 0 Å². The minimum Gasteiger partial charge on any atom is -0.333 e. The van der Waals surface area contributed by atoms with E-state index in [-0.39, 0.29) is 18.0 Å². The van der Waals surface area contributed by atoms with E-state index in [0.29, 0.717) is 13.0 Å². The Labute approximate surface area is 141 Å². The Hall–Kier alpha value is -2.82. The Kier molecular flexibility index (Phi) is 4.51. The fourth-order valence-corrected chi connectivity index (χ4v) is 2.77. The molecule has 0 aromatic heterocycles. The Morgan fingerprint density at radius 3 is 2.21 bits per heavy atom. The first-order valence-corrected chi connectivity index (χ1v) is 8.02. The van der Waals surface area contributed by atoms with Crippen molar-refractivity contribution in [2.24, 2.45) is 0 Å². The highest BCUT2D eigenvalue weighted by Gasteiger charge is 2.31. The SMILES string of the molecule is Cc1ccc(NC(=O)N[C@H]2CC(=O)N(c3ccc(C)cc3)C2)cc1. The number of amides is 3. The molecule has 3 amide bonds. The lowest BCUT2D eigenvalue weighted by Crippen LogP contribution is -2.39. The minimum absolute atomic E-state index is 0.0273. The summed E-state index contributed by atoms with van der Waals surface area (Å²) in [5, 5.41) is 5.66. The molecule has 5 nitrogen and oxygen atoms in total. The molecule has 0 saturated carbocycles. The van der Waals surface area contributed by atoms with E-state index in [4.69, 9.17) is 0 Å². The third kappa shape index (κ3) is 3.74. The highest BCUT2D eigenvalue weighted by Crippen LogP contribution is 2.22. The molecule has 0 spiro atoms. The van der Waals surface area contributed by atoms with Crippen LogP contribution in [0.1, 0.15) is 17.5 Å². The van der Waals surface area contributed by atoms with E-state index in [0.717, 1.165) is 22.5 Å². The number of hydrogen-bond acceptors (Lipinski definition) is 2. The number of hydrogen-bond donors (Lipinski definition) is 2. The fourth-order valence-electron chi connectivity index (χ4n) is 2.77. The lowest BCUT2D eigenvalue weighted by Gasteiger charge is -2.17. The van der Waals surface area contributed by atoms with E-state index in [2.05, 4.69) is 10.6 Å². The predicted octanol–water partition coefficient (Wildman–Crippen LogP) is 3.23. The summed E-state index contributed by atoms with van der Waals surface area (Å²) in [7, 11) is 0. The summed E-state index contributed by atoms with van der Waals surface area (Å²) >= 11 is 0. The van der Waals surface area contributed by atoms with Gasteiger partial charge in [0, 0.05) is 24.3 Å². The second kappa shape index (κ2) is 6.74. The lowest BCUT2D eigenvalue weighted by molar-refractivity contribution is -0.117. The van der Waals surface area contributed by atoms with Crippen molar-refractivity contribution in [1.82, 2.24) is 5.32 Å². The smallest absolute Gasteiger partial charge is 0.319 e. The zero-order valence-electron chi connectivity index (χ0n) is 13.9. The standard InChI is InChI=1S/C19H21N3O2/c1-13-3-7-15(8-4-13)20-19(24)21-16-11-18(23)22(12-16)17-9-5-14(2)6-10-17/h3-10,16H,11-12H2,1-2H3,(H2,20,21,24)/t16-/m0/s1. The fraction of sp³-hybridized carbons (Fsp3) is 0.263. The molecule has 2 N–H and O–H groups in total. The maximum absolute atomic E-state index is 12.2. The summed E-state index contributed by atoms with van der Waals surface area (Å²) in [4.78, 5) is 26.0. The van der Waals surface area contributed by atoms with Crippen molar-refractivity contribution in [2.45, 2.75) is 26.3 Å². The number of nitrogens with one attached hydrogen (secondary N) is 2. The first-order valence-electron chi connectivity index (χ1n) is 8.02. The lowest BCUT2D eigenvalue weighted by atomic mass is 10.2. The molecule has 0 aliphatic carbocycles. The van der Waals surface area contributed by atoms with Crippen LogP contribution in [0.3, 0.4) is 0 Å². The molecule has 124 valence electrons. The number of urea groups is 1. The van der Waals surface area contributed by atoms with E-state index < -0.39 is 0 Å². The molecule has 1 atom stereocenters. The molecular weight excluding hydrogens is 302 g/mol. The molecule has 1 saturated heterocycles. The number of benzene rings is 2. The van der Waals surface area contributed by atoms with E-state index in [1.165, 1.54) is 0 Å². The number of anilines is 2. The third-order valence-corrected chi connectivity index (χ3v) is 4.12. The molecule has 3 rings (SSSR count). The number of aryl methyl sites for hydroxylation is 2.